The summed E-state index contributed by atoms with van der Waals surface area (Å²) in [6.45, 7) is 3.45. The lowest BCUT2D eigenvalue weighted by atomic mass is 9.93. The van der Waals surface area contributed by atoms with Gasteiger partial charge in [0.2, 0.25) is 0 Å². The van der Waals surface area contributed by atoms with E-state index < -0.39 is 15.8 Å². The first-order valence-corrected chi connectivity index (χ1v) is 10.6. The highest BCUT2D eigenvalue weighted by Gasteiger charge is 2.14. The predicted molar refractivity (Wildman–Crippen MR) is 107 cm³/mol. The van der Waals surface area contributed by atoms with Gasteiger partial charge in [0.25, 0.3) is 0 Å². The van der Waals surface area contributed by atoms with Crippen molar-refractivity contribution in [3.05, 3.63) is 76.6 Å². The fourth-order valence-electron chi connectivity index (χ4n) is 3.33. The molecule has 0 atom stereocenters. The summed E-state index contributed by atoms with van der Waals surface area (Å²) in [5, 5.41) is 10.6. The summed E-state index contributed by atoms with van der Waals surface area (Å²) in [4.78, 5) is 11.4. The molecule has 1 N–H and O–H groups in total. The molecule has 0 heterocycles. The third kappa shape index (κ3) is 4.22. The molecule has 3 aromatic rings. The molecule has 0 bridgehead atoms. The molecule has 0 saturated heterocycles. The van der Waals surface area contributed by atoms with Gasteiger partial charge < -0.3 is 5.11 Å². The van der Waals surface area contributed by atoms with E-state index in [4.69, 9.17) is 5.11 Å². The molecule has 3 aromatic carbocycles. The van der Waals surface area contributed by atoms with Gasteiger partial charge in [0.1, 0.15) is 5.82 Å². The van der Waals surface area contributed by atoms with E-state index in [2.05, 4.69) is 0 Å². The summed E-state index contributed by atoms with van der Waals surface area (Å²) in [6, 6.07) is 13.0. The number of carboxylic acid groups (broad SMARTS) is 1. The van der Waals surface area contributed by atoms with Crippen molar-refractivity contribution in [2.75, 3.05) is 5.75 Å². The maximum atomic E-state index is 13.8. The number of halogens is 1. The number of aryl methyl sites for hydroxylation is 1. The van der Waals surface area contributed by atoms with Crippen LogP contribution in [0.4, 0.5) is 4.39 Å². The van der Waals surface area contributed by atoms with Crippen molar-refractivity contribution in [1.82, 2.24) is 0 Å². The second-order valence-corrected chi connectivity index (χ2v) is 9.14. The number of hydrogen-bond donors (Lipinski definition) is 1. The standard InChI is InChI=1S/C22H21FO4S/c1-3-28(26,27)20-7-5-16(14(2)8-20)12-18-10-15(11-22(24)25)9-17-4-6-19(23)13-21(17)18/h4-10,13H,3,11-12H2,1-2H3,(H,24,25). The van der Waals surface area contributed by atoms with Gasteiger partial charge in [-0.3, -0.25) is 4.79 Å². The molecular formula is C22H21FO4S. The maximum absolute atomic E-state index is 13.8. The van der Waals surface area contributed by atoms with Crippen molar-refractivity contribution < 1.29 is 22.7 Å². The Hall–Kier alpha value is -2.73. The Balaban J connectivity index is 2.08. The molecule has 28 heavy (non-hydrogen) atoms. The molecule has 0 amide bonds. The molecule has 146 valence electrons. The molecular weight excluding hydrogens is 379 g/mol. The number of carboxylic acids is 1. The van der Waals surface area contributed by atoms with Crippen LogP contribution in [0.5, 0.6) is 0 Å². The Morgan fingerprint density at radius 2 is 1.79 bits per heavy atom. The fourth-order valence-corrected chi connectivity index (χ4v) is 4.30. The summed E-state index contributed by atoms with van der Waals surface area (Å²) in [5.41, 5.74) is 3.18. The van der Waals surface area contributed by atoms with Gasteiger partial charge in [-0.05, 0) is 70.6 Å². The van der Waals surface area contributed by atoms with Crippen molar-refractivity contribution in [3.8, 4) is 0 Å². The number of rotatable bonds is 6. The number of hydrogen-bond acceptors (Lipinski definition) is 3. The lowest BCUT2D eigenvalue weighted by molar-refractivity contribution is -0.136. The minimum atomic E-state index is -3.29. The van der Waals surface area contributed by atoms with E-state index in [0.29, 0.717) is 12.0 Å². The summed E-state index contributed by atoms with van der Waals surface area (Å²) in [7, 11) is -3.29. The van der Waals surface area contributed by atoms with Crippen molar-refractivity contribution in [2.24, 2.45) is 0 Å². The molecule has 6 heteroatoms. The van der Waals surface area contributed by atoms with Gasteiger partial charge >= 0.3 is 5.97 Å². The van der Waals surface area contributed by atoms with Gasteiger partial charge in [-0.15, -0.1) is 0 Å². The number of fused-ring (bicyclic) bond motifs is 1. The average molecular weight is 400 g/mol. The Kier molecular flexibility index (Phi) is 5.52. The molecule has 0 fully saturated rings. The highest BCUT2D eigenvalue weighted by Crippen LogP contribution is 2.27. The van der Waals surface area contributed by atoms with Crippen LogP contribution in [0.15, 0.2) is 53.4 Å². The van der Waals surface area contributed by atoms with Crippen LogP contribution in [0.2, 0.25) is 0 Å². The zero-order valence-corrected chi connectivity index (χ0v) is 16.5. The molecule has 3 rings (SSSR count). The van der Waals surface area contributed by atoms with Gasteiger partial charge in [0.15, 0.2) is 9.84 Å². The molecule has 0 aliphatic heterocycles. The third-order valence-corrected chi connectivity index (χ3v) is 6.58. The zero-order chi connectivity index (χ0) is 20.5. The van der Waals surface area contributed by atoms with Crippen molar-refractivity contribution in [2.45, 2.75) is 31.6 Å². The predicted octanol–water partition coefficient (Wildman–Crippen LogP) is 4.30. The van der Waals surface area contributed by atoms with Crippen LogP contribution < -0.4 is 0 Å². The average Bonchev–Trinajstić information content (AvgIpc) is 2.63. The number of benzene rings is 3. The Labute approximate surface area is 163 Å². The molecule has 0 spiro atoms. The summed E-state index contributed by atoms with van der Waals surface area (Å²) >= 11 is 0. The van der Waals surface area contributed by atoms with E-state index >= 15 is 0 Å². The summed E-state index contributed by atoms with van der Waals surface area (Å²) in [6.07, 6.45) is 0.332. The molecule has 0 aromatic heterocycles. The van der Waals surface area contributed by atoms with Crippen LogP contribution >= 0.6 is 0 Å². The number of aliphatic carboxylic acids is 1. The van der Waals surface area contributed by atoms with Gasteiger partial charge in [-0.1, -0.05) is 31.2 Å². The first-order valence-electron chi connectivity index (χ1n) is 8.94. The third-order valence-electron chi connectivity index (χ3n) is 4.85. The monoisotopic (exact) mass is 400 g/mol. The smallest absolute Gasteiger partial charge is 0.307 e. The second-order valence-electron chi connectivity index (χ2n) is 6.86. The van der Waals surface area contributed by atoms with E-state index in [-0.39, 0.29) is 22.9 Å². The van der Waals surface area contributed by atoms with Gasteiger partial charge in [0.05, 0.1) is 17.1 Å². The van der Waals surface area contributed by atoms with Crippen LogP contribution in [0.25, 0.3) is 10.8 Å². The Bertz CT molecular complexity index is 1170. The normalized spacial score (nSPS) is 11.7. The highest BCUT2D eigenvalue weighted by molar-refractivity contribution is 7.91. The SMILES string of the molecule is CCS(=O)(=O)c1ccc(Cc2cc(CC(=O)O)cc3ccc(F)cc23)c(C)c1. The van der Waals surface area contributed by atoms with Crippen molar-refractivity contribution >= 4 is 26.6 Å². The minimum absolute atomic E-state index is 0.0347. The Morgan fingerprint density at radius 1 is 1.04 bits per heavy atom. The van der Waals surface area contributed by atoms with Crippen molar-refractivity contribution in [3.63, 3.8) is 0 Å². The minimum Gasteiger partial charge on any atom is -0.481 e. The van der Waals surface area contributed by atoms with E-state index in [1.807, 2.05) is 6.92 Å². The molecule has 0 radical (unpaired) electrons. The van der Waals surface area contributed by atoms with Crippen LogP contribution in [0.3, 0.4) is 0 Å². The van der Waals surface area contributed by atoms with Gasteiger partial charge in [-0.25, -0.2) is 12.8 Å². The van der Waals surface area contributed by atoms with E-state index in [0.717, 1.165) is 27.5 Å². The molecule has 0 unspecified atom stereocenters. The quantitative estimate of drug-likeness (QED) is 0.670. The lowest BCUT2D eigenvalue weighted by Gasteiger charge is -2.13. The summed E-state index contributed by atoms with van der Waals surface area (Å²) < 4.78 is 38.0. The maximum Gasteiger partial charge on any atom is 0.307 e. The van der Waals surface area contributed by atoms with Gasteiger partial charge in [0, 0.05) is 0 Å². The van der Waals surface area contributed by atoms with Crippen LogP contribution in [0, 0.1) is 12.7 Å². The van der Waals surface area contributed by atoms with Crippen LogP contribution in [0.1, 0.15) is 29.2 Å². The van der Waals surface area contributed by atoms with E-state index in [1.54, 1.807) is 43.3 Å². The summed E-state index contributed by atoms with van der Waals surface area (Å²) in [5.74, 6) is -1.26. The van der Waals surface area contributed by atoms with E-state index in [9.17, 15) is 17.6 Å². The second kappa shape index (κ2) is 7.72. The molecule has 0 aliphatic carbocycles. The Morgan fingerprint density at radius 3 is 2.43 bits per heavy atom. The number of carbonyl (C=O) groups is 1. The molecule has 0 saturated carbocycles. The fraction of sp³-hybridized carbons (Fsp3) is 0.227. The highest BCUT2D eigenvalue weighted by atomic mass is 32.2. The van der Waals surface area contributed by atoms with Gasteiger partial charge in [-0.2, -0.15) is 0 Å². The van der Waals surface area contributed by atoms with Crippen molar-refractivity contribution in [1.29, 1.82) is 0 Å². The van der Waals surface area contributed by atoms with E-state index in [1.165, 1.54) is 12.1 Å². The van der Waals surface area contributed by atoms with Crippen LogP contribution in [-0.2, 0) is 27.5 Å². The molecule has 4 nitrogen and oxygen atoms in total. The first kappa shape index (κ1) is 20.0. The first-order chi connectivity index (χ1) is 13.2. The van der Waals surface area contributed by atoms with Crippen LogP contribution in [-0.4, -0.2) is 25.2 Å². The number of sulfone groups is 1. The molecule has 0 aliphatic rings. The lowest BCUT2D eigenvalue weighted by Crippen LogP contribution is -2.05. The zero-order valence-electron chi connectivity index (χ0n) is 15.7. The topological polar surface area (TPSA) is 71.4 Å². The largest absolute Gasteiger partial charge is 0.481 e.